The maximum Gasteiger partial charge on any atom is 0.0439 e. The molecule has 1 aromatic carbocycles. The monoisotopic (exact) mass is 234 g/mol. The molecule has 2 aromatic rings. The Balaban J connectivity index is 2.35. The average molecular weight is 234 g/mol. The zero-order chi connectivity index (χ0) is 11.4. The number of hydrogen-bond acceptors (Lipinski definition) is 4. The van der Waals surface area contributed by atoms with Gasteiger partial charge in [-0.25, -0.2) is 0 Å². The Labute approximate surface area is 98.7 Å². The number of nitrogens with two attached hydrogens (primary N) is 1. The molecular formula is C12H14N2OS. The van der Waals surface area contributed by atoms with Crippen LogP contribution in [0.25, 0.3) is 10.8 Å². The van der Waals surface area contributed by atoms with Crippen molar-refractivity contribution in [2.24, 2.45) is 0 Å². The van der Waals surface area contributed by atoms with E-state index in [9.17, 15) is 0 Å². The largest absolute Gasteiger partial charge is 0.398 e. The molecule has 3 nitrogen and oxygen atoms in total. The first-order chi connectivity index (χ1) is 7.83. The van der Waals surface area contributed by atoms with E-state index in [-0.39, 0.29) is 6.61 Å². The fourth-order valence-corrected chi connectivity index (χ4v) is 2.55. The van der Waals surface area contributed by atoms with Crippen LogP contribution in [0.2, 0.25) is 0 Å². The van der Waals surface area contributed by atoms with Gasteiger partial charge in [-0.05, 0) is 24.6 Å². The van der Waals surface area contributed by atoms with E-state index in [0.29, 0.717) is 0 Å². The summed E-state index contributed by atoms with van der Waals surface area (Å²) in [5.41, 5.74) is 6.65. The number of thioether (sulfide) groups is 1. The van der Waals surface area contributed by atoms with Gasteiger partial charge in [-0.1, -0.05) is 0 Å². The Morgan fingerprint density at radius 2 is 2.12 bits per heavy atom. The van der Waals surface area contributed by atoms with Crippen LogP contribution in [-0.2, 0) is 0 Å². The van der Waals surface area contributed by atoms with Crippen molar-refractivity contribution in [1.82, 2.24) is 4.98 Å². The molecule has 0 atom stereocenters. The van der Waals surface area contributed by atoms with Crippen LogP contribution in [0, 0.1) is 0 Å². The maximum atomic E-state index is 8.76. The normalized spacial score (nSPS) is 10.8. The van der Waals surface area contributed by atoms with E-state index < -0.39 is 0 Å². The van der Waals surface area contributed by atoms with Crippen molar-refractivity contribution in [1.29, 1.82) is 0 Å². The summed E-state index contributed by atoms with van der Waals surface area (Å²) in [5.74, 6) is 0.915. The van der Waals surface area contributed by atoms with Crippen LogP contribution in [0.15, 0.2) is 35.5 Å². The zero-order valence-corrected chi connectivity index (χ0v) is 9.70. The average Bonchev–Trinajstić information content (AvgIpc) is 2.33. The number of pyridine rings is 1. The molecule has 84 valence electrons. The highest BCUT2D eigenvalue weighted by molar-refractivity contribution is 7.99. The molecule has 0 saturated heterocycles. The van der Waals surface area contributed by atoms with Gasteiger partial charge in [-0.15, -0.1) is 11.8 Å². The lowest BCUT2D eigenvalue weighted by Gasteiger charge is -2.07. The molecule has 0 bridgehead atoms. The second-order valence-corrected chi connectivity index (χ2v) is 4.64. The summed E-state index contributed by atoms with van der Waals surface area (Å²) in [7, 11) is 0. The number of anilines is 1. The number of benzene rings is 1. The second-order valence-electron chi connectivity index (χ2n) is 3.50. The van der Waals surface area contributed by atoms with Crippen molar-refractivity contribution in [3.05, 3.63) is 30.6 Å². The number of fused-ring (bicyclic) bond motifs is 1. The summed E-state index contributed by atoms with van der Waals surface area (Å²) in [6, 6.07) is 5.91. The molecule has 0 aliphatic heterocycles. The van der Waals surface area contributed by atoms with Gasteiger partial charge in [0.05, 0.1) is 0 Å². The number of nitrogens with zero attached hydrogens (tertiary/aromatic N) is 1. The third kappa shape index (κ3) is 2.28. The van der Waals surface area contributed by atoms with Crippen LogP contribution in [-0.4, -0.2) is 22.5 Å². The van der Waals surface area contributed by atoms with Gasteiger partial charge in [0, 0.05) is 46.1 Å². The molecule has 0 unspecified atom stereocenters. The lowest BCUT2D eigenvalue weighted by atomic mass is 10.1. The van der Waals surface area contributed by atoms with Gasteiger partial charge in [-0.2, -0.15) is 0 Å². The van der Waals surface area contributed by atoms with E-state index >= 15 is 0 Å². The number of aromatic nitrogens is 1. The standard InChI is InChI=1S/C12H14N2OS/c13-11-2-3-12(16-7-1-6-15)9-4-5-14-8-10(9)11/h2-5,8,15H,1,6-7,13H2. The highest BCUT2D eigenvalue weighted by Gasteiger charge is 2.04. The molecule has 16 heavy (non-hydrogen) atoms. The molecule has 0 amide bonds. The van der Waals surface area contributed by atoms with Crippen LogP contribution >= 0.6 is 11.8 Å². The molecule has 0 saturated carbocycles. The second kappa shape index (κ2) is 5.18. The van der Waals surface area contributed by atoms with E-state index in [4.69, 9.17) is 10.8 Å². The predicted molar refractivity (Wildman–Crippen MR) is 68.6 cm³/mol. The quantitative estimate of drug-likeness (QED) is 0.484. The van der Waals surface area contributed by atoms with Crippen molar-refractivity contribution >= 4 is 28.2 Å². The SMILES string of the molecule is Nc1ccc(SCCCO)c2ccncc12. The van der Waals surface area contributed by atoms with Crippen molar-refractivity contribution in [2.45, 2.75) is 11.3 Å². The van der Waals surface area contributed by atoms with Crippen LogP contribution < -0.4 is 5.73 Å². The minimum atomic E-state index is 0.238. The number of aliphatic hydroxyl groups excluding tert-OH is 1. The molecule has 2 rings (SSSR count). The van der Waals surface area contributed by atoms with E-state index in [1.165, 1.54) is 4.90 Å². The molecule has 0 aliphatic rings. The van der Waals surface area contributed by atoms with Gasteiger partial charge in [0.1, 0.15) is 0 Å². The molecule has 1 heterocycles. The molecule has 1 aromatic heterocycles. The van der Waals surface area contributed by atoms with Gasteiger partial charge in [0.25, 0.3) is 0 Å². The Bertz CT molecular complexity index is 487. The van der Waals surface area contributed by atoms with E-state index in [0.717, 1.165) is 28.6 Å². The van der Waals surface area contributed by atoms with E-state index in [1.54, 1.807) is 24.2 Å². The fourth-order valence-electron chi connectivity index (χ4n) is 1.56. The number of hydrogen-bond donors (Lipinski definition) is 2. The number of rotatable bonds is 4. The summed E-state index contributed by atoms with van der Waals surface area (Å²) in [6.07, 6.45) is 4.38. The third-order valence-electron chi connectivity index (χ3n) is 2.37. The van der Waals surface area contributed by atoms with Gasteiger partial charge in [0.15, 0.2) is 0 Å². The molecule has 3 N–H and O–H groups in total. The lowest BCUT2D eigenvalue weighted by Crippen LogP contribution is -1.90. The fraction of sp³-hybridized carbons (Fsp3) is 0.250. The lowest BCUT2D eigenvalue weighted by molar-refractivity contribution is 0.296. The first-order valence-electron chi connectivity index (χ1n) is 5.19. The molecule has 0 aliphatic carbocycles. The third-order valence-corrected chi connectivity index (χ3v) is 3.53. The van der Waals surface area contributed by atoms with Crippen LogP contribution in [0.4, 0.5) is 5.69 Å². The van der Waals surface area contributed by atoms with Crippen molar-refractivity contribution < 1.29 is 5.11 Å². The number of nitrogen functional groups attached to an aromatic ring is 1. The molecular weight excluding hydrogens is 220 g/mol. The summed E-state index contributed by atoms with van der Waals surface area (Å²) < 4.78 is 0. The summed E-state index contributed by atoms with van der Waals surface area (Å²) in [5, 5.41) is 10.9. The first-order valence-corrected chi connectivity index (χ1v) is 6.17. The Hall–Kier alpha value is -1.26. The van der Waals surface area contributed by atoms with Crippen molar-refractivity contribution in [2.75, 3.05) is 18.1 Å². The van der Waals surface area contributed by atoms with Crippen molar-refractivity contribution in [3.8, 4) is 0 Å². The summed E-state index contributed by atoms with van der Waals surface area (Å²) >= 11 is 1.74. The highest BCUT2D eigenvalue weighted by atomic mass is 32.2. The van der Waals surface area contributed by atoms with Gasteiger partial charge >= 0.3 is 0 Å². The smallest absolute Gasteiger partial charge is 0.0439 e. The molecule has 0 fully saturated rings. The molecule has 4 heteroatoms. The Morgan fingerprint density at radius 1 is 1.25 bits per heavy atom. The van der Waals surface area contributed by atoms with E-state index in [2.05, 4.69) is 4.98 Å². The molecule has 0 radical (unpaired) electrons. The minimum Gasteiger partial charge on any atom is -0.398 e. The van der Waals surface area contributed by atoms with Gasteiger partial charge in [-0.3, -0.25) is 4.98 Å². The van der Waals surface area contributed by atoms with Crippen molar-refractivity contribution in [3.63, 3.8) is 0 Å². The maximum absolute atomic E-state index is 8.76. The minimum absolute atomic E-state index is 0.238. The van der Waals surface area contributed by atoms with Crippen LogP contribution in [0.1, 0.15) is 6.42 Å². The highest BCUT2D eigenvalue weighted by Crippen LogP contribution is 2.30. The Kier molecular flexibility index (Phi) is 3.64. The zero-order valence-electron chi connectivity index (χ0n) is 8.89. The topological polar surface area (TPSA) is 59.1 Å². The van der Waals surface area contributed by atoms with Gasteiger partial charge in [0.2, 0.25) is 0 Å². The predicted octanol–water partition coefficient (Wildman–Crippen LogP) is 2.29. The summed E-state index contributed by atoms with van der Waals surface area (Å²) in [4.78, 5) is 5.28. The Morgan fingerprint density at radius 3 is 2.94 bits per heavy atom. The molecule has 0 spiro atoms. The van der Waals surface area contributed by atoms with Crippen LogP contribution in [0.5, 0.6) is 0 Å². The van der Waals surface area contributed by atoms with Gasteiger partial charge < -0.3 is 10.8 Å². The van der Waals surface area contributed by atoms with E-state index in [1.807, 2.05) is 18.2 Å². The summed E-state index contributed by atoms with van der Waals surface area (Å²) in [6.45, 7) is 0.238. The van der Waals surface area contributed by atoms with Crippen LogP contribution in [0.3, 0.4) is 0 Å². The first kappa shape index (κ1) is 11.2. The number of aliphatic hydroxyl groups is 1.